The van der Waals surface area contributed by atoms with E-state index in [0.717, 1.165) is 35.2 Å². The molecule has 6 aromatic rings. The van der Waals surface area contributed by atoms with E-state index in [4.69, 9.17) is 129 Å². The highest BCUT2D eigenvalue weighted by molar-refractivity contribution is 8.45. The summed E-state index contributed by atoms with van der Waals surface area (Å²) in [6, 6.07) is 0. The molecule has 9 unspecified atom stereocenters. The zero-order valence-corrected chi connectivity index (χ0v) is 83.2. The van der Waals surface area contributed by atoms with Crippen LogP contribution >= 0.6 is 84.0 Å². The van der Waals surface area contributed by atoms with Gasteiger partial charge in [0.05, 0.1) is 98.1 Å². The number of nitrogens with two attached hydrogens (primary N) is 3. The Labute approximate surface area is 797 Å². The number of ether oxygens (including phenoxy) is 14. The summed E-state index contributed by atoms with van der Waals surface area (Å²) < 4.78 is 224. The molecule has 0 spiro atoms. The van der Waals surface area contributed by atoms with E-state index >= 15 is 13.7 Å². The molecule has 12 rings (SSSR count). The zero-order chi connectivity index (χ0) is 99.8. The fourth-order valence-electron chi connectivity index (χ4n) is 15.4. The van der Waals surface area contributed by atoms with Gasteiger partial charge in [-0.15, -0.1) is 0 Å². The average Bonchev–Trinajstić information content (AvgIpc) is 1.64. The molecule has 27 atom stereocenters. The molecule has 64 heteroatoms. The minimum absolute atomic E-state index is 0.00505. The van der Waals surface area contributed by atoms with E-state index in [0.29, 0.717) is 5.56 Å². The molecular weight excluding hydrogens is 2010 g/mol. The lowest BCUT2D eigenvalue weighted by molar-refractivity contribution is -0.0846. The second-order valence-corrected chi connectivity index (χ2v) is 44.9. The number of aromatic nitrogens is 12. The number of aromatic amines is 3. The van der Waals surface area contributed by atoms with Crippen LogP contribution in [0.3, 0.4) is 0 Å². The van der Waals surface area contributed by atoms with E-state index in [-0.39, 0.29) is 104 Å². The van der Waals surface area contributed by atoms with Crippen LogP contribution in [0.15, 0.2) is 80.3 Å². The number of nitrogens with one attached hydrogen (secondary N) is 3. The van der Waals surface area contributed by atoms with Gasteiger partial charge in [0, 0.05) is 112 Å². The SMILES string of the molecule is CC[C@H]1O[C@@H](n2cc(C)c(N)nc2=O)C[C@H]1OP(=O)(S)OC[C@H]1O[C@@H](n2cc(C)c(=O)[nH]c2=O)C[C@H]1OP(=O)(S)OC[C@H]1O[C@@H](n2cc(C)c(=O)[nH]c2=O)C(OCCOC)[C@H]1OP(=O)(O)OC[C@H]1O[C@@H](n2cc(C)c(N)nc2=O)C(OCCOC)[C@H]1OP(=O)(S)OC[C@H]1O[C@@H](n2cc(C)c(N)nc2=O)C(OCCOC)[C@H]1OP(=O)(S)OC[C@H]1O[C@@H](n2cc(C)c(=O)[nH]c2=O)C(OCCOC)[C@H]1O. The molecule has 6 aliphatic rings. The monoisotopic (exact) mass is 2120 g/mol. The summed E-state index contributed by atoms with van der Waals surface area (Å²) in [5.41, 5.74) is 10.7. The van der Waals surface area contributed by atoms with Gasteiger partial charge in [0.2, 0.25) is 0 Å². The Morgan fingerprint density at radius 2 is 0.664 bits per heavy atom. The Hall–Kier alpha value is -6.41. The van der Waals surface area contributed by atoms with Crippen LogP contribution < -0.4 is 68.0 Å². The van der Waals surface area contributed by atoms with Crippen LogP contribution in [0.4, 0.5) is 17.5 Å². The van der Waals surface area contributed by atoms with E-state index in [2.05, 4.69) is 78.9 Å². The molecular formula is C73H108N15O40P5S4. The predicted molar refractivity (Wildman–Crippen MR) is 487 cm³/mol. The van der Waals surface area contributed by atoms with Gasteiger partial charge in [0.25, 0.3) is 16.7 Å². The third kappa shape index (κ3) is 27.2. The number of aliphatic hydroxyl groups is 1. The maximum absolute atomic E-state index is 15.5. The summed E-state index contributed by atoms with van der Waals surface area (Å²) >= 11 is 17.3. The number of anilines is 3. The molecule has 6 aliphatic heterocycles. The molecule has 0 amide bonds. The largest absolute Gasteiger partial charge is 0.472 e. The van der Waals surface area contributed by atoms with Gasteiger partial charge < -0.3 is 93.5 Å². The highest BCUT2D eigenvalue weighted by atomic mass is 32.7. The first-order chi connectivity index (χ1) is 64.7. The summed E-state index contributed by atoms with van der Waals surface area (Å²) in [6.45, 7) is -16.0. The molecule has 0 radical (unpaired) electrons. The summed E-state index contributed by atoms with van der Waals surface area (Å²) in [5.74, 6) is -0.430. The van der Waals surface area contributed by atoms with Crippen LogP contribution in [-0.4, -0.2) is 279 Å². The highest BCUT2D eigenvalue weighted by Gasteiger charge is 2.58. The molecule has 0 aromatic carbocycles. The minimum atomic E-state index is -5.90. The van der Waals surface area contributed by atoms with Crippen molar-refractivity contribution < 1.29 is 144 Å². The van der Waals surface area contributed by atoms with Crippen molar-refractivity contribution in [2.45, 2.75) is 203 Å². The van der Waals surface area contributed by atoms with E-state index in [1.165, 1.54) is 92.4 Å². The van der Waals surface area contributed by atoms with Crippen molar-refractivity contribution in [3.05, 3.63) is 165 Å². The summed E-state index contributed by atoms with van der Waals surface area (Å²) in [5, 5.41) is 11.7. The summed E-state index contributed by atoms with van der Waals surface area (Å²) in [6.07, 6.45) is -28.0. The first kappa shape index (κ1) is 109. The predicted octanol–water partition coefficient (Wildman–Crippen LogP) is 1.33. The van der Waals surface area contributed by atoms with Crippen molar-refractivity contribution in [3.8, 4) is 0 Å². The van der Waals surface area contributed by atoms with Crippen LogP contribution in [0.1, 0.15) is 96.9 Å². The van der Waals surface area contributed by atoms with E-state index < -0.39 is 267 Å². The lowest BCUT2D eigenvalue weighted by Crippen LogP contribution is -2.42. The number of aryl methyl sites for hydroxylation is 6. The topological polar surface area (TPSA) is 695 Å². The van der Waals surface area contributed by atoms with Gasteiger partial charge in [-0.3, -0.25) is 102 Å². The molecule has 12 heterocycles. The molecule has 0 saturated carbocycles. The first-order valence-electron chi connectivity index (χ1n) is 42.0. The quantitative estimate of drug-likeness (QED) is 0.0146. The zero-order valence-electron chi connectivity index (χ0n) is 75.2. The normalized spacial score (nSPS) is 29.5. The number of hydrogen-bond acceptors (Lipinski definition) is 45. The van der Waals surface area contributed by atoms with Crippen molar-refractivity contribution in [2.24, 2.45) is 0 Å². The lowest BCUT2D eigenvalue weighted by atomic mass is 10.1. The Morgan fingerprint density at radius 3 is 1.07 bits per heavy atom. The fourth-order valence-corrected chi connectivity index (χ4v) is 22.3. The Balaban J connectivity index is 0.824. The van der Waals surface area contributed by atoms with Crippen molar-refractivity contribution in [1.29, 1.82) is 0 Å². The number of aliphatic hydroxyl groups excluding tert-OH is 1. The number of phosphoric acid groups is 1. The van der Waals surface area contributed by atoms with Crippen molar-refractivity contribution in [1.82, 2.24) is 57.3 Å². The molecule has 0 bridgehead atoms. The van der Waals surface area contributed by atoms with Gasteiger partial charge >= 0.3 is 69.2 Å². The van der Waals surface area contributed by atoms with E-state index in [1.807, 2.05) is 0 Å². The summed E-state index contributed by atoms with van der Waals surface area (Å²) in [7, 11) is -0.590. The number of phosphoric ester groups is 1. The Morgan fingerprint density at radius 1 is 0.372 bits per heavy atom. The molecule has 11 N–H and O–H groups in total. The van der Waals surface area contributed by atoms with Gasteiger partial charge in [-0.1, -0.05) is 55.9 Å². The molecule has 6 fully saturated rings. The second kappa shape index (κ2) is 47.0. The molecule has 0 aliphatic carbocycles. The average molecular weight is 2120 g/mol. The van der Waals surface area contributed by atoms with E-state index in [9.17, 15) is 62.3 Å². The number of H-pyrrole nitrogens is 3. The Bertz CT molecular complexity index is 6100. The standard InChI is InChI=1S/C73H108N15O40P5S4/c1-12-40-41(21-48(118-40)83-23-34(2)58(74)77-68(83)93)124-130(101,134)114-29-43-42(22-49(119-43)84-26-37(5)61(90)80-71(84)96)125-131(102,135)116-32-46-51(55(110-18-14-106-9)65(122-46)88-28-39(7)63(92)82-73(88)98)126-129(99,100)113-31-45-52(56(111-19-15-107-10)66(121-45)85-24-35(3)59(75)78-69(85)94)127-133(104,137)117-33-47-53(57(112-20-16-108-11)67(123-47)86-25-36(4)60(76)79-70(86)95)128-132(103,136)115-30-44-50(89)54(109-17-13-105-8)64(120-44)87-27-38(6)62(91)81-72(87)97/h23-28,40-57,64-67,89H,12-22,29-33H2,1-11H3,(H,99,100)(H,101,134)(H,102,135)(H,103,136)(H,104,137)(H2,74,77,93)(H2,75,78,94)(H2,76,79,95)(H,80,90,96)(H,81,91,97)(H,82,92,98)/t40-,41-,42-,43-,44-,45-,46-,47-,48-,49-,50+,51+,52+,53+,54?,55?,56?,57?,64-,65-,66-,67-,130?,131?,132?,133?/m1/s1. The third-order valence-corrected chi connectivity index (χ3v) is 29.8. The number of methoxy groups -OCH3 is 4. The number of nitrogens with zero attached hydrogens (tertiary/aromatic N) is 9. The van der Waals surface area contributed by atoms with Gasteiger partial charge in [-0.2, -0.15) is 15.0 Å². The Kier molecular flexibility index (Phi) is 37.5. The highest BCUT2D eigenvalue weighted by Crippen LogP contribution is 2.62. The van der Waals surface area contributed by atoms with Gasteiger partial charge in [-0.25, -0.2) is 51.6 Å². The number of rotatable bonds is 48. The van der Waals surface area contributed by atoms with Gasteiger partial charge in [0.1, 0.15) is 115 Å². The van der Waals surface area contributed by atoms with Gasteiger partial charge in [-0.05, 0) is 48.0 Å². The van der Waals surface area contributed by atoms with Gasteiger partial charge in [0.15, 0.2) is 24.9 Å². The minimum Gasteiger partial charge on any atom is -0.387 e. The van der Waals surface area contributed by atoms with Crippen LogP contribution in [0.25, 0.3) is 0 Å². The molecule has 6 saturated heterocycles. The molecule has 137 heavy (non-hydrogen) atoms. The maximum atomic E-state index is 15.5. The lowest BCUT2D eigenvalue weighted by Gasteiger charge is -2.29. The second-order valence-electron chi connectivity index (χ2n) is 32.0. The van der Waals surface area contributed by atoms with Crippen LogP contribution in [0.2, 0.25) is 0 Å². The van der Waals surface area contributed by atoms with Crippen LogP contribution in [0, 0.1) is 41.5 Å². The molecule has 764 valence electrons. The van der Waals surface area contributed by atoms with Crippen molar-refractivity contribution in [3.63, 3.8) is 0 Å². The van der Waals surface area contributed by atoms with Crippen molar-refractivity contribution in [2.75, 3.05) is 132 Å². The van der Waals surface area contributed by atoms with Crippen LogP contribution in [-0.2, 0) is 134 Å². The fraction of sp³-hybridized carbons (Fsp3) is 0.671. The number of thiol groups is 4. The van der Waals surface area contributed by atoms with Crippen LogP contribution in [0.5, 0.6) is 0 Å². The summed E-state index contributed by atoms with van der Waals surface area (Å²) in [4.78, 5) is 150. The maximum Gasteiger partial charge on any atom is 0.472 e. The molecule has 55 nitrogen and oxygen atoms in total. The molecule has 6 aromatic heterocycles. The number of hydrogen-bond donors (Lipinski definition) is 12. The first-order valence-corrected chi connectivity index (χ1v) is 54.3. The van der Waals surface area contributed by atoms with E-state index in [1.54, 1.807) is 13.8 Å². The van der Waals surface area contributed by atoms with Crippen molar-refractivity contribution >= 4 is 101 Å². The third-order valence-electron chi connectivity index (χ3n) is 22.3. The number of nitrogen functional groups attached to an aromatic ring is 3. The smallest absolute Gasteiger partial charge is 0.387 e.